The second kappa shape index (κ2) is 8.90. The Kier molecular flexibility index (Phi) is 6.20. The summed E-state index contributed by atoms with van der Waals surface area (Å²) in [4.78, 5) is 22.5. The second-order valence-electron chi connectivity index (χ2n) is 9.12. The summed E-state index contributed by atoms with van der Waals surface area (Å²) in [6.07, 6.45) is 2.91. The molecule has 0 atom stereocenters. The minimum Gasteiger partial charge on any atom is -0.424 e. The summed E-state index contributed by atoms with van der Waals surface area (Å²) in [6.45, 7) is 13.4. The lowest BCUT2D eigenvalue weighted by atomic mass is 10.2. The van der Waals surface area contributed by atoms with Crippen LogP contribution in [0.5, 0.6) is 5.75 Å². The minimum absolute atomic E-state index is 0.189. The van der Waals surface area contributed by atoms with Gasteiger partial charge in [0.2, 0.25) is 0 Å². The average molecular weight is 437 g/mol. The zero-order chi connectivity index (χ0) is 23.0. The lowest BCUT2D eigenvalue weighted by Crippen LogP contribution is -2.14. The number of rotatable bonds is 8. The number of ether oxygens (including phenoxy) is 2. The van der Waals surface area contributed by atoms with Crippen molar-refractivity contribution < 1.29 is 14.3 Å². The normalized spacial score (nSPS) is 12.3. The lowest BCUT2D eigenvalue weighted by molar-refractivity contribution is -0.137. The molecule has 0 unspecified atom stereocenters. The number of benzene rings is 1. The van der Waals surface area contributed by atoms with Gasteiger partial charge in [0.15, 0.2) is 11.4 Å². The van der Waals surface area contributed by atoms with Gasteiger partial charge < -0.3 is 14.0 Å². The van der Waals surface area contributed by atoms with Gasteiger partial charge in [0.25, 0.3) is 0 Å². The SMILES string of the molecule is CC(C)OCCCn1cc(OC(=O)C(C)C)c2c1nc(C(C)C)n1c3ccccc3nc21. The van der Waals surface area contributed by atoms with E-state index in [0.717, 1.165) is 40.0 Å². The van der Waals surface area contributed by atoms with E-state index < -0.39 is 0 Å². The Balaban J connectivity index is 1.93. The Morgan fingerprint density at radius 2 is 1.78 bits per heavy atom. The zero-order valence-corrected chi connectivity index (χ0v) is 19.8. The van der Waals surface area contributed by atoms with Gasteiger partial charge in [-0.25, -0.2) is 9.97 Å². The highest BCUT2D eigenvalue weighted by Crippen LogP contribution is 2.35. The van der Waals surface area contributed by atoms with E-state index in [2.05, 4.69) is 28.9 Å². The third-order valence-corrected chi connectivity index (χ3v) is 5.44. The number of esters is 1. The van der Waals surface area contributed by atoms with Crippen LogP contribution in [0.3, 0.4) is 0 Å². The summed E-state index contributed by atoms with van der Waals surface area (Å²) in [7, 11) is 0. The van der Waals surface area contributed by atoms with Crippen LogP contribution in [0.4, 0.5) is 0 Å². The number of carbonyl (C=O) groups is 1. The molecule has 7 nitrogen and oxygen atoms in total. The minimum atomic E-state index is -0.269. The molecule has 4 aromatic rings. The second-order valence-corrected chi connectivity index (χ2v) is 9.12. The van der Waals surface area contributed by atoms with E-state index >= 15 is 0 Å². The molecule has 0 radical (unpaired) electrons. The number of hydrogen-bond acceptors (Lipinski definition) is 5. The lowest BCUT2D eigenvalue weighted by Gasteiger charge is -2.12. The fourth-order valence-electron chi connectivity index (χ4n) is 3.85. The fourth-order valence-corrected chi connectivity index (χ4v) is 3.85. The number of hydrogen-bond donors (Lipinski definition) is 0. The van der Waals surface area contributed by atoms with Crippen molar-refractivity contribution >= 4 is 33.7 Å². The monoisotopic (exact) mass is 436 g/mol. The molecule has 0 aliphatic heterocycles. The summed E-state index contributed by atoms with van der Waals surface area (Å²) in [5, 5.41) is 0.768. The van der Waals surface area contributed by atoms with Gasteiger partial charge in [0.05, 0.1) is 23.1 Å². The molecule has 0 amide bonds. The first-order chi connectivity index (χ1) is 15.3. The predicted molar refractivity (Wildman–Crippen MR) is 126 cm³/mol. The van der Waals surface area contributed by atoms with Crippen molar-refractivity contribution in [1.29, 1.82) is 0 Å². The highest BCUT2D eigenvalue weighted by atomic mass is 16.5. The Bertz CT molecular complexity index is 1270. The van der Waals surface area contributed by atoms with E-state index in [4.69, 9.17) is 19.4 Å². The molecule has 4 rings (SSSR count). The molecule has 32 heavy (non-hydrogen) atoms. The molecule has 0 bridgehead atoms. The van der Waals surface area contributed by atoms with Gasteiger partial charge >= 0.3 is 5.97 Å². The van der Waals surface area contributed by atoms with Crippen LogP contribution >= 0.6 is 0 Å². The van der Waals surface area contributed by atoms with Crippen molar-refractivity contribution in [2.24, 2.45) is 5.92 Å². The molecule has 0 N–H and O–H groups in total. The number of nitrogens with zero attached hydrogens (tertiary/aromatic N) is 4. The third-order valence-electron chi connectivity index (χ3n) is 5.44. The van der Waals surface area contributed by atoms with E-state index in [1.54, 1.807) is 0 Å². The molecule has 0 saturated carbocycles. The Labute approximate surface area is 188 Å². The molecule has 7 heteroatoms. The highest BCUT2D eigenvalue weighted by molar-refractivity contribution is 6.01. The van der Waals surface area contributed by atoms with E-state index in [9.17, 15) is 4.79 Å². The third kappa shape index (κ3) is 4.09. The van der Waals surface area contributed by atoms with Crippen molar-refractivity contribution in [3.63, 3.8) is 0 Å². The summed E-state index contributed by atoms with van der Waals surface area (Å²) < 4.78 is 15.7. The van der Waals surface area contributed by atoms with E-state index in [1.807, 2.05) is 52.1 Å². The molecule has 0 aliphatic carbocycles. The summed E-state index contributed by atoms with van der Waals surface area (Å²) >= 11 is 0. The molecule has 3 aromatic heterocycles. The number of fused-ring (bicyclic) bond motifs is 5. The summed E-state index contributed by atoms with van der Waals surface area (Å²) in [5.74, 6) is 1.13. The van der Waals surface area contributed by atoms with Crippen molar-refractivity contribution in [3.8, 4) is 5.75 Å². The fraction of sp³-hybridized carbons (Fsp3) is 0.480. The standard InChI is InChI=1S/C25H32N4O3/c1-15(2)22-27-23-21(24-26-18-10-7-8-11-19(18)29(22)24)20(32-25(30)16(3)4)14-28(23)12-9-13-31-17(5)6/h7-8,10-11,14-17H,9,12-13H2,1-6H3. The Hall–Kier alpha value is -2.93. The van der Waals surface area contributed by atoms with Gasteiger partial charge in [0.1, 0.15) is 16.9 Å². The van der Waals surface area contributed by atoms with Crippen LogP contribution in [0, 0.1) is 5.92 Å². The van der Waals surface area contributed by atoms with Gasteiger partial charge in [0, 0.05) is 25.3 Å². The van der Waals surface area contributed by atoms with Gasteiger partial charge in [-0.1, -0.05) is 39.8 Å². The van der Waals surface area contributed by atoms with Crippen molar-refractivity contribution in [2.45, 2.75) is 66.5 Å². The van der Waals surface area contributed by atoms with Gasteiger partial charge in [-0.2, -0.15) is 0 Å². The van der Waals surface area contributed by atoms with E-state index in [0.29, 0.717) is 18.9 Å². The molecule has 170 valence electrons. The molecular weight excluding hydrogens is 404 g/mol. The topological polar surface area (TPSA) is 70.7 Å². The molecule has 0 spiro atoms. The van der Waals surface area contributed by atoms with Crippen molar-refractivity contribution in [2.75, 3.05) is 6.61 Å². The van der Waals surface area contributed by atoms with Crippen LogP contribution in [0.2, 0.25) is 0 Å². The van der Waals surface area contributed by atoms with Gasteiger partial charge in [-0.05, 0) is 32.4 Å². The highest BCUT2D eigenvalue weighted by Gasteiger charge is 2.24. The summed E-state index contributed by atoms with van der Waals surface area (Å²) in [6, 6.07) is 8.03. The van der Waals surface area contributed by atoms with Crippen LogP contribution in [0.25, 0.3) is 27.7 Å². The first kappa shape index (κ1) is 22.3. The zero-order valence-electron chi connectivity index (χ0n) is 19.8. The first-order valence-corrected chi connectivity index (χ1v) is 11.4. The first-order valence-electron chi connectivity index (χ1n) is 11.4. The maximum Gasteiger partial charge on any atom is 0.313 e. The Morgan fingerprint density at radius 3 is 2.47 bits per heavy atom. The van der Waals surface area contributed by atoms with Crippen LogP contribution in [0.1, 0.15) is 59.7 Å². The van der Waals surface area contributed by atoms with Crippen LogP contribution in [-0.2, 0) is 16.1 Å². The van der Waals surface area contributed by atoms with Crippen molar-refractivity contribution in [1.82, 2.24) is 18.9 Å². The van der Waals surface area contributed by atoms with Crippen molar-refractivity contribution in [3.05, 3.63) is 36.3 Å². The van der Waals surface area contributed by atoms with Gasteiger partial charge in [-0.3, -0.25) is 9.20 Å². The quantitative estimate of drug-likeness (QED) is 0.275. The number of imidazole rings is 1. The predicted octanol–water partition coefficient (Wildman–Crippen LogP) is 5.34. The van der Waals surface area contributed by atoms with E-state index in [-0.39, 0.29) is 23.9 Å². The largest absolute Gasteiger partial charge is 0.424 e. The number of aromatic nitrogens is 4. The van der Waals surface area contributed by atoms with E-state index in [1.165, 1.54) is 0 Å². The van der Waals surface area contributed by atoms with Crippen LogP contribution < -0.4 is 4.74 Å². The molecule has 3 heterocycles. The number of aryl methyl sites for hydroxylation is 1. The van der Waals surface area contributed by atoms with Gasteiger partial charge in [-0.15, -0.1) is 0 Å². The van der Waals surface area contributed by atoms with Crippen LogP contribution in [0.15, 0.2) is 30.5 Å². The molecular formula is C25H32N4O3. The number of carbonyl (C=O) groups excluding carboxylic acids is 1. The number of para-hydroxylation sites is 2. The molecule has 0 aliphatic rings. The maximum atomic E-state index is 12.5. The summed E-state index contributed by atoms with van der Waals surface area (Å²) in [5.41, 5.74) is 3.44. The average Bonchev–Trinajstić information content (AvgIpc) is 3.28. The molecule has 1 aromatic carbocycles. The maximum absolute atomic E-state index is 12.5. The molecule has 0 saturated heterocycles. The smallest absolute Gasteiger partial charge is 0.313 e. The molecule has 0 fully saturated rings. The van der Waals surface area contributed by atoms with Crippen LogP contribution in [-0.4, -0.2) is 37.6 Å². The Morgan fingerprint density at radius 1 is 1.03 bits per heavy atom.